The van der Waals surface area contributed by atoms with Gasteiger partial charge in [-0.05, 0) is 36.2 Å². The number of rotatable bonds is 6. The molecule has 4 nitrogen and oxygen atoms in total. The molecule has 1 N–H and O–H groups in total. The van der Waals surface area contributed by atoms with Crippen molar-refractivity contribution in [2.45, 2.75) is 13.1 Å². The highest BCUT2D eigenvalue weighted by Crippen LogP contribution is 2.50. The number of hydrogen-bond donors (Lipinski definition) is 1. The van der Waals surface area contributed by atoms with Gasteiger partial charge in [-0.25, -0.2) is 0 Å². The van der Waals surface area contributed by atoms with Crippen molar-refractivity contribution in [1.29, 1.82) is 0 Å². The first-order valence-corrected chi connectivity index (χ1v) is 8.90. The maximum absolute atomic E-state index is 12.4. The van der Waals surface area contributed by atoms with E-state index in [1.165, 1.54) is 14.2 Å². The number of halogens is 1. The summed E-state index contributed by atoms with van der Waals surface area (Å²) in [5, 5.41) is 4.03. The molecule has 0 aromatic heterocycles. The molecule has 0 fully saturated rings. The van der Waals surface area contributed by atoms with Gasteiger partial charge in [0.25, 0.3) is 0 Å². The lowest BCUT2D eigenvalue weighted by molar-refractivity contribution is 0.275. The van der Waals surface area contributed by atoms with Gasteiger partial charge in [0.05, 0.1) is 6.16 Å². The Bertz CT molecular complexity index is 698. The fourth-order valence-corrected chi connectivity index (χ4v) is 3.36. The molecule has 0 spiro atoms. The first-order valence-electron chi connectivity index (χ1n) is 6.79. The predicted octanol–water partition coefficient (Wildman–Crippen LogP) is 5.38. The standard InChI is InChI=1S/C16H19ClNO3P/c1-12-14(17)8-6-10-15(12)18-16-9-5-4-7-13(16)11-22(19,20-2)21-3/h4-10,18H,11H2,1-3H3. The molecular weight excluding hydrogens is 321 g/mol. The zero-order chi connectivity index (χ0) is 16.2. The van der Waals surface area contributed by atoms with E-state index in [0.717, 1.165) is 22.5 Å². The van der Waals surface area contributed by atoms with Crippen molar-refractivity contribution in [3.05, 3.63) is 58.6 Å². The lowest BCUT2D eigenvalue weighted by Crippen LogP contribution is -2.00. The maximum Gasteiger partial charge on any atom is 0.334 e. The van der Waals surface area contributed by atoms with E-state index in [-0.39, 0.29) is 6.16 Å². The molecule has 0 saturated carbocycles. The quantitative estimate of drug-likeness (QED) is 0.718. The minimum absolute atomic E-state index is 0.197. The van der Waals surface area contributed by atoms with E-state index < -0.39 is 7.60 Å². The molecule has 0 aliphatic carbocycles. The molecule has 0 bridgehead atoms. The molecule has 0 atom stereocenters. The van der Waals surface area contributed by atoms with E-state index in [1.54, 1.807) is 0 Å². The second-order valence-corrected chi connectivity index (χ2v) is 7.50. The summed E-state index contributed by atoms with van der Waals surface area (Å²) >= 11 is 6.15. The third-order valence-electron chi connectivity index (χ3n) is 3.47. The molecule has 0 saturated heterocycles. The highest BCUT2D eigenvalue weighted by molar-refractivity contribution is 7.52. The van der Waals surface area contributed by atoms with Gasteiger partial charge in [0, 0.05) is 30.6 Å². The van der Waals surface area contributed by atoms with Gasteiger partial charge in [-0.1, -0.05) is 35.9 Å². The second-order valence-electron chi connectivity index (χ2n) is 4.83. The summed E-state index contributed by atoms with van der Waals surface area (Å²) in [5.74, 6) is 0. The van der Waals surface area contributed by atoms with Crippen molar-refractivity contribution in [1.82, 2.24) is 0 Å². The van der Waals surface area contributed by atoms with Crippen LogP contribution in [0.25, 0.3) is 0 Å². The Balaban J connectivity index is 2.33. The maximum atomic E-state index is 12.4. The fraction of sp³-hybridized carbons (Fsp3) is 0.250. The summed E-state index contributed by atoms with van der Waals surface area (Å²) in [7, 11) is -0.342. The van der Waals surface area contributed by atoms with Gasteiger partial charge >= 0.3 is 7.60 Å². The molecule has 0 heterocycles. The van der Waals surface area contributed by atoms with Crippen LogP contribution in [0, 0.1) is 6.92 Å². The van der Waals surface area contributed by atoms with Crippen molar-refractivity contribution < 1.29 is 13.6 Å². The largest absolute Gasteiger partial charge is 0.355 e. The zero-order valence-electron chi connectivity index (χ0n) is 12.8. The zero-order valence-corrected chi connectivity index (χ0v) is 14.4. The minimum Gasteiger partial charge on any atom is -0.355 e. The Morgan fingerprint density at radius 3 is 2.36 bits per heavy atom. The molecule has 118 valence electrons. The van der Waals surface area contributed by atoms with Crippen LogP contribution in [0.1, 0.15) is 11.1 Å². The highest BCUT2D eigenvalue weighted by atomic mass is 35.5. The van der Waals surface area contributed by atoms with E-state index in [4.69, 9.17) is 20.6 Å². The second kappa shape index (κ2) is 7.30. The topological polar surface area (TPSA) is 47.6 Å². The molecule has 2 aromatic carbocycles. The Hall–Kier alpha value is -1.32. The van der Waals surface area contributed by atoms with Crippen LogP contribution < -0.4 is 5.32 Å². The van der Waals surface area contributed by atoms with Gasteiger partial charge < -0.3 is 14.4 Å². The van der Waals surface area contributed by atoms with Crippen molar-refractivity contribution in [2.24, 2.45) is 0 Å². The van der Waals surface area contributed by atoms with E-state index in [0.29, 0.717) is 5.02 Å². The first-order chi connectivity index (χ1) is 10.5. The van der Waals surface area contributed by atoms with Crippen molar-refractivity contribution in [2.75, 3.05) is 19.5 Å². The van der Waals surface area contributed by atoms with E-state index >= 15 is 0 Å². The van der Waals surface area contributed by atoms with Crippen molar-refractivity contribution in [3.63, 3.8) is 0 Å². The molecule has 22 heavy (non-hydrogen) atoms. The lowest BCUT2D eigenvalue weighted by Gasteiger charge is -2.18. The van der Waals surface area contributed by atoms with Crippen molar-refractivity contribution in [3.8, 4) is 0 Å². The van der Waals surface area contributed by atoms with Crippen LogP contribution in [-0.4, -0.2) is 14.2 Å². The highest BCUT2D eigenvalue weighted by Gasteiger charge is 2.23. The Morgan fingerprint density at radius 2 is 1.68 bits per heavy atom. The van der Waals surface area contributed by atoms with Crippen LogP contribution in [0.15, 0.2) is 42.5 Å². The monoisotopic (exact) mass is 339 g/mol. The van der Waals surface area contributed by atoms with Gasteiger partial charge in [-0.2, -0.15) is 0 Å². The summed E-state index contributed by atoms with van der Waals surface area (Å²) < 4.78 is 22.4. The third kappa shape index (κ3) is 3.90. The average molecular weight is 340 g/mol. The van der Waals surface area contributed by atoms with Crippen LogP contribution in [0.3, 0.4) is 0 Å². The smallest absolute Gasteiger partial charge is 0.334 e. The number of para-hydroxylation sites is 1. The van der Waals surface area contributed by atoms with Gasteiger partial charge in [0.2, 0.25) is 0 Å². The van der Waals surface area contributed by atoms with E-state index in [1.807, 2.05) is 49.4 Å². The fourth-order valence-electron chi connectivity index (χ4n) is 2.08. The number of anilines is 2. The van der Waals surface area contributed by atoms with Crippen LogP contribution in [0.4, 0.5) is 11.4 Å². The number of benzene rings is 2. The molecule has 0 radical (unpaired) electrons. The Labute approximate surface area is 135 Å². The van der Waals surface area contributed by atoms with Crippen LogP contribution in [0.5, 0.6) is 0 Å². The average Bonchev–Trinajstić information content (AvgIpc) is 2.53. The minimum atomic E-state index is -3.12. The van der Waals surface area contributed by atoms with Crippen LogP contribution >= 0.6 is 19.2 Å². The van der Waals surface area contributed by atoms with E-state index in [2.05, 4.69) is 5.32 Å². The lowest BCUT2D eigenvalue weighted by atomic mass is 10.1. The number of nitrogens with one attached hydrogen (secondary N) is 1. The molecule has 0 unspecified atom stereocenters. The first kappa shape index (κ1) is 17.0. The normalized spacial score (nSPS) is 11.5. The third-order valence-corrected chi connectivity index (χ3v) is 5.72. The van der Waals surface area contributed by atoms with Gasteiger partial charge in [0.15, 0.2) is 0 Å². The molecule has 0 aliphatic rings. The molecular formula is C16H19ClNO3P. The van der Waals surface area contributed by atoms with Gasteiger partial charge in [-0.15, -0.1) is 0 Å². The van der Waals surface area contributed by atoms with Crippen LogP contribution in [-0.2, 0) is 19.8 Å². The molecule has 2 rings (SSSR count). The SMILES string of the molecule is COP(=O)(Cc1ccccc1Nc1cccc(Cl)c1C)OC. The molecule has 2 aromatic rings. The van der Waals surface area contributed by atoms with Gasteiger partial charge in [0.1, 0.15) is 0 Å². The Kier molecular flexibility index (Phi) is 5.65. The van der Waals surface area contributed by atoms with Crippen LogP contribution in [0.2, 0.25) is 5.02 Å². The summed E-state index contributed by atoms with van der Waals surface area (Å²) in [6.45, 7) is 1.95. The summed E-state index contributed by atoms with van der Waals surface area (Å²) in [4.78, 5) is 0. The summed E-state index contributed by atoms with van der Waals surface area (Å²) in [5.41, 5.74) is 3.57. The Morgan fingerprint density at radius 1 is 1.05 bits per heavy atom. The predicted molar refractivity (Wildman–Crippen MR) is 91.2 cm³/mol. The van der Waals surface area contributed by atoms with Crippen molar-refractivity contribution >= 4 is 30.6 Å². The molecule has 0 aliphatic heterocycles. The summed E-state index contributed by atoms with van der Waals surface area (Å²) in [6.07, 6.45) is 0.197. The summed E-state index contributed by atoms with van der Waals surface area (Å²) in [6, 6.07) is 13.3. The number of hydrogen-bond acceptors (Lipinski definition) is 4. The van der Waals surface area contributed by atoms with Gasteiger partial charge in [-0.3, -0.25) is 4.57 Å². The molecule has 6 heteroatoms. The van der Waals surface area contributed by atoms with E-state index in [9.17, 15) is 4.57 Å². The molecule has 0 amide bonds.